The van der Waals surface area contributed by atoms with E-state index in [1.54, 1.807) is 24.5 Å². The third kappa shape index (κ3) is 2.54. The molecule has 5 nitrogen and oxygen atoms in total. The summed E-state index contributed by atoms with van der Waals surface area (Å²) >= 11 is 0.960. The number of hydrogen-bond acceptors (Lipinski definition) is 4. The Morgan fingerprint density at radius 1 is 1.47 bits per heavy atom. The van der Waals surface area contributed by atoms with E-state index in [2.05, 4.69) is 10.7 Å². The predicted octanol–water partition coefficient (Wildman–Crippen LogP) is 0.360. The molecule has 1 fully saturated rings. The monoisotopic (exact) mass is 250 g/mol. The third-order valence-corrected chi connectivity index (χ3v) is 3.14. The summed E-state index contributed by atoms with van der Waals surface area (Å²) in [6.07, 6.45) is 4.99. The van der Waals surface area contributed by atoms with Gasteiger partial charge in [-0.05, 0) is 29.5 Å². The Hall–Kier alpha value is -1.66. The zero-order valence-electron chi connectivity index (χ0n) is 9.13. The number of carbonyl (C=O) groups is 2. The van der Waals surface area contributed by atoms with E-state index in [0.29, 0.717) is 18.0 Å². The first-order chi connectivity index (χ1) is 8.22. The van der Waals surface area contributed by atoms with E-state index < -0.39 is 0 Å². The minimum atomic E-state index is -0.243. The van der Waals surface area contributed by atoms with Crippen molar-refractivity contribution in [1.29, 1.82) is 0 Å². The highest BCUT2D eigenvalue weighted by atomic mass is 32.2. The van der Waals surface area contributed by atoms with Crippen molar-refractivity contribution in [3.63, 3.8) is 0 Å². The second kappa shape index (κ2) is 5.11. The number of imide groups is 1. The van der Waals surface area contributed by atoms with Crippen LogP contribution in [-0.2, 0) is 4.79 Å². The van der Waals surface area contributed by atoms with E-state index in [0.717, 1.165) is 17.3 Å². The van der Waals surface area contributed by atoms with Crippen molar-refractivity contribution in [2.45, 2.75) is 0 Å². The second-order valence-corrected chi connectivity index (χ2v) is 4.47. The van der Waals surface area contributed by atoms with Crippen molar-refractivity contribution < 1.29 is 15.3 Å². The van der Waals surface area contributed by atoms with Gasteiger partial charge < -0.3 is 5.73 Å². The van der Waals surface area contributed by atoms with Crippen LogP contribution in [0.5, 0.6) is 0 Å². The number of amides is 2. The molecule has 17 heavy (non-hydrogen) atoms. The van der Waals surface area contributed by atoms with Crippen molar-refractivity contribution in [3.05, 3.63) is 35.0 Å². The van der Waals surface area contributed by atoms with Gasteiger partial charge in [0, 0.05) is 12.4 Å². The van der Waals surface area contributed by atoms with E-state index in [4.69, 9.17) is 0 Å². The molecule has 0 atom stereocenters. The molecule has 1 aliphatic heterocycles. The average molecular weight is 250 g/mol. The van der Waals surface area contributed by atoms with Gasteiger partial charge in [0.25, 0.3) is 11.1 Å². The highest BCUT2D eigenvalue weighted by Crippen LogP contribution is 2.31. The van der Waals surface area contributed by atoms with Crippen molar-refractivity contribution in [2.24, 2.45) is 0 Å². The van der Waals surface area contributed by atoms with Crippen molar-refractivity contribution >= 4 is 29.0 Å². The quantitative estimate of drug-likeness (QED) is 0.786. The highest BCUT2D eigenvalue weighted by molar-refractivity contribution is 8.18. The number of aromatic nitrogens is 1. The Labute approximate surface area is 103 Å². The van der Waals surface area contributed by atoms with Crippen LogP contribution in [0.2, 0.25) is 0 Å². The van der Waals surface area contributed by atoms with Crippen LogP contribution in [0, 0.1) is 0 Å². The zero-order chi connectivity index (χ0) is 12.3. The summed E-state index contributed by atoms with van der Waals surface area (Å²) < 4.78 is 0. The zero-order valence-corrected chi connectivity index (χ0v) is 9.94. The van der Waals surface area contributed by atoms with Crippen LogP contribution >= 0.6 is 11.8 Å². The standard InChI is InChI=1S/C11H11N3O2S/c12-3-5-14-10(15)9(17-11(14)16)6-8-2-1-4-13-7-8/h1-2,4,6-7H,3,5,12H2/p+1. The molecule has 2 heterocycles. The normalized spacial score (nSPS) is 18.2. The maximum absolute atomic E-state index is 11.9. The Kier molecular flexibility index (Phi) is 3.55. The highest BCUT2D eigenvalue weighted by Gasteiger charge is 2.34. The topological polar surface area (TPSA) is 77.9 Å². The van der Waals surface area contributed by atoms with Crippen molar-refractivity contribution in [2.75, 3.05) is 13.1 Å². The smallest absolute Gasteiger partial charge is 0.293 e. The molecule has 1 saturated heterocycles. The molecule has 1 aromatic heterocycles. The van der Waals surface area contributed by atoms with Gasteiger partial charge in [0.2, 0.25) is 0 Å². The molecular weight excluding hydrogens is 238 g/mol. The van der Waals surface area contributed by atoms with Crippen LogP contribution in [0.4, 0.5) is 4.79 Å². The number of quaternary nitrogens is 1. The summed E-state index contributed by atoms with van der Waals surface area (Å²) in [6, 6.07) is 3.62. The maximum Gasteiger partial charge on any atom is 0.293 e. The number of hydrogen-bond donors (Lipinski definition) is 1. The summed E-state index contributed by atoms with van der Waals surface area (Å²) in [4.78, 5) is 29.1. The number of nitrogens with zero attached hydrogens (tertiary/aromatic N) is 2. The summed E-state index contributed by atoms with van der Waals surface area (Å²) in [5.74, 6) is -0.243. The predicted molar refractivity (Wildman–Crippen MR) is 64.7 cm³/mol. The van der Waals surface area contributed by atoms with Crippen LogP contribution in [0.1, 0.15) is 5.56 Å². The molecule has 88 valence electrons. The Balaban J connectivity index is 2.22. The minimum absolute atomic E-state index is 0.228. The van der Waals surface area contributed by atoms with Crippen LogP contribution in [0.15, 0.2) is 29.4 Å². The van der Waals surface area contributed by atoms with Gasteiger partial charge in [0.1, 0.15) is 0 Å². The number of carbonyl (C=O) groups excluding carboxylic acids is 2. The summed E-state index contributed by atoms with van der Waals surface area (Å²) in [5, 5.41) is -0.228. The first kappa shape index (κ1) is 11.8. The largest absolute Gasteiger partial charge is 0.356 e. The van der Waals surface area contributed by atoms with Crippen LogP contribution in [0.3, 0.4) is 0 Å². The fourth-order valence-corrected chi connectivity index (χ4v) is 2.33. The first-order valence-corrected chi connectivity index (χ1v) is 5.98. The van der Waals surface area contributed by atoms with Crippen LogP contribution < -0.4 is 5.73 Å². The molecule has 1 aromatic rings. The lowest BCUT2D eigenvalue weighted by atomic mass is 10.2. The molecular formula is C11H12N3O2S+. The molecule has 2 rings (SSSR count). The minimum Gasteiger partial charge on any atom is -0.356 e. The average Bonchev–Trinajstić information content (AvgIpc) is 2.59. The van der Waals surface area contributed by atoms with Gasteiger partial charge >= 0.3 is 0 Å². The molecule has 0 unspecified atom stereocenters. The lowest BCUT2D eigenvalue weighted by Crippen LogP contribution is -2.55. The third-order valence-electron chi connectivity index (χ3n) is 2.24. The second-order valence-electron chi connectivity index (χ2n) is 3.47. The number of thioether (sulfide) groups is 1. The molecule has 2 amide bonds. The van der Waals surface area contributed by atoms with E-state index in [1.165, 1.54) is 4.90 Å². The van der Waals surface area contributed by atoms with Gasteiger partial charge in [0.15, 0.2) is 0 Å². The fourth-order valence-electron chi connectivity index (χ4n) is 1.46. The lowest BCUT2D eigenvalue weighted by molar-refractivity contribution is -0.367. The summed E-state index contributed by atoms with van der Waals surface area (Å²) in [7, 11) is 0. The molecule has 6 heteroatoms. The van der Waals surface area contributed by atoms with Crippen molar-refractivity contribution in [1.82, 2.24) is 9.88 Å². The Morgan fingerprint density at radius 3 is 2.94 bits per heavy atom. The fraction of sp³-hybridized carbons (Fsp3) is 0.182. The van der Waals surface area contributed by atoms with E-state index in [-0.39, 0.29) is 11.1 Å². The lowest BCUT2D eigenvalue weighted by Gasteiger charge is -2.08. The molecule has 0 bridgehead atoms. The van der Waals surface area contributed by atoms with E-state index in [1.807, 2.05) is 6.07 Å². The summed E-state index contributed by atoms with van der Waals surface area (Å²) in [6.45, 7) is 0.896. The molecule has 0 radical (unpaired) electrons. The first-order valence-electron chi connectivity index (χ1n) is 5.17. The molecule has 0 spiro atoms. The maximum atomic E-state index is 11.9. The summed E-state index contributed by atoms with van der Waals surface area (Å²) in [5.41, 5.74) is 4.45. The number of pyridine rings is 1. The van der Waals surface area contributed by atoms with Gasteiger partial charge in [-0.15, -0.1) is 0 Å². The molecule has 0 aliphatic carbocycles. The van der Waals surface area contributed by atoms with Gasteiger partial charge in [-0.1, -0.05) is 6.07 Å². The van der Waals surface area contributed by atoms with Gasteiger partial charge in [0.05, 0.1) is 18.0 Å². The van der Waals surface area contributed by atoms with Gasteiger partial charge in [-0.3, -0.25) is 19.5 Å². The van der Waals surface area contributed by atoms with E-state index >= 15 is 0 Å². The van der Waals surface area contributed by atoms with Crippen LogP contribution in [-0.4, -0.2) is 34.1 Å². The molecule has 0 aromatic carbocycles. The van der Waals surface area contributed by atoms with Gasteiger partial charge in [-0.2, -0.15) is 0 Å². The van der Waals surface area contributed by atoms with Gasteiger partial charge in [-0.25, -0.2) is 0 Å². The molecule has 0 saturated carbocycles. The number of rotatable bonds is 3. The Morgan fingerprint density at radius 2 is 2.29 bits per heavy atom. The van der Waals surface area contributed by atoms with E-state index in [9.17, 15) is 9.59 Å². The SMILES string of the molecule is [NH3+]CCN1C(=O)SC(=Cc2cccnc2)C1=O. The van der Waals surface area contributed by atoms with Crippen molar-refractivity contribution in [3.8, 4) is 0 Å². The molecule has 1 aliphatic rings. The molecule has 3 N–H and O–H groups in total. The van der Waals surface area contributed by atoms with Crippen LogP contribution in [0.25, 0.3) is 6.08 Å². The Bertz CT molecular complexity index is 473.